The Hall–Kier alpha value is -2.21. The second-order valence-electron chi connectivity index (χ2n) is 4.76. The fraction of sp³-hybridized carbons (Fsp3) is 0.214. The van der Waals surface area contributed by atoms with Gasteiger partial charge in [-0.15, -0.1) is 0 Å². The van der Waals surface area contributed by atoms with Crippen LogP contribution < -0.4 is 4.90 Å². The maximum absolute atomic E-state index is 13.9. The molecule has 1 aromatic carbocycles. The molecule has 21 heavy (non-hydrogen) atoms. The van der Waals surface area contributed by atoms with Crippen LogP contribution in [0.3, 0.4) is 0 Å². The molecule has 1 unspecified atom stereocenters. The highest BCUT2D eigenvalue weighted by Gasteiger charge is 2.20. The second-order valence-corrected chi connectivity index (χ2v) is 5.09. The van der Waals surface area contributed by atoms with Gasteiger partial charge in [0.15, 0.2) is 5.65 Å². The van der Waals surface area contributed by atoms with Crippen molar-refractivity contribution >= 4 is 28.5 Å². The zero-order valence-electron chi connectivity index (χ0n) is 11.5. The lowest BCUT2D eigenvalue weighted by atomic mass is 10.1. The summed E-state index contributed by atoms with van der Waals surface area (Å²) in [5.41, 5.74) is 1.14. The number of hydrogen-bond acceptors (Lipinski definition) is 4. The summed E-state index contributed by atoms with van der Waals surface area (Å²) in [5.74, 6) is 0.356. The molecule has 0 aliphatic heterocycles. The first-order chi connectivity index (χ1) is 10.1. The molecule has 0 radical (unpaired) electrons. The van der Waals surface area contributed by atoms with Crippen molar-refractivity contribution < 1.29 is 4.39 Å². The molecule has 7 heteroatoms. The van der Waals surface area contributed by atoms with Crippen LogP contribution in [0.5, 0.6) is 0 Å². The number of nitrogens with one attached hydrogen (secondary N) is 1. The van der Waals surface area contributed by atoms with Crippen molar-refractivity contribution in [1.82, 2.24) is 20.2 Å². The van der Waals surface area contributed by atoms with Gasteiger partial charge in [-0.05, 0) is 24.6 Å². The van der Waals surface area contributed by atoms with E-state index in [0.717, 1.165) is 5.39 Å². The summed E-state index contributed by atoms with van der Waals surface area (Å²) in [6.45, 7) is 1.90. The van der Waals surface area contributed by atoms with Crippen LogP contribution in [0.2, 0.25) is 5.28 Å². The molecule has 1 N–H and O–H groups in total. The summed E-state index contributed by atoms with van der Waals surface area (Å²) in [5, 5.41) is 7.57. The highest BCUT2D eigenvalue weighted by molar-refractivity contribution is 6.28. The molecule has 3 rings (SSSR count). The monoisotopic (exact) mass is 305 g/mol. The largest absolute Gasteiger partial charge is 0.352 e. The van der Waals surface area contributed by atoms with Crippen molar-refractivity contribution in [2.75, 3.05) is 11.9 Å². The van der Waals surface area contributed by atoms with Crippen LogP contribution >= 0.6 is 11.6 Å². The van der Waals surface area contributed by atoms with Crippen LogP contribution in [0.25, 0.3) is 11.0 Å². The SMILES string of the molecule is CC(c1ccccc1F)N(C)c1nc(Cl)nc2[nH]ncc12. The molecule has 108 valence electrons. The summed E-state index contributed by atoms with van der Waals surface area (Å²) >= 11 is 5.94. The van der Waals surface area contributed by atoms with Gasteiger partial charge in [0.25, 0.3) is 0 Å². The highest BCUT2D eigenvalue weighted by atomic mass is 35.5. The number of hydrogen-bond donors (Lipinski definition) is 1. The first-order valence-electron chi connectivity index (χ1n) is 6.42. The lowest BCUT2D eigenvalue weighted by Crippen LogP contribution is -2.23. The molecule has 0 saturated carbocycles. The number of rotatable bonds is 3. The smallest absolute Gasteiger partial charge is 0.226 e. The zero-order chi connectivity index (χ0) is 15.0. The molecule has 0 fully saturated rings. The number of nitrogens with zero attached hydrogens (tertiary/aromatic N) is 4. The minimum atomic E-state index is -0.250. The average molecular weight is 306 g/mol. The van der Waals surface area contributed by atoms with Crippen molar-refractivity contribution in [1.29, 1.82) is 0 Å². The van der Waals surface area contributed by atoms with E-state index in [0.29, 0.717) is 17.0 Å². The average Bonchev–Trinajstić information content (AvgIpc) is 2.93. The Kier molecular flexibility index (Phi) is 3.47. The molecule has 5 nitrogen and oxygen atoms in total. The van der Waals surface area contributed by atoms with E-state index in [2.05, 4.69) is 20.2 Å². The van der Waals surface area contributed by atoms with Crippen LogP contribution in [0.4, 0.5) is 10.2 Å². The normalized spacial score (nSPS) is 12.6. The van der Waals surface area contributed by atoms with Crippen molar-refractivity contribution in [3.05, 3.63) is 47.1 Å². The molecule has 0 aliphatic rings. The van der Waals surface area contributed by atoms with Gasteiger partial charge in [-0.1, -0.05) is 18.2 Å². The molecule has 0 amide bonds. The zero-order valence-corrected chi connectivity index (χ0v) is 12.3. The summed E-state index contributed by atoms with van der Waals surface area (Å²) in [6, 6.07) is 6.46. The van der Waals surface area contributed by atoms with Crippen molar-refractivity contribution in [3.63, 3.8) is 0 Å². The van der Waals surface area contributed by atoms with Gasteiger partial charge in [0.2, 0.25) is 5.28 Å². The molecule has 2 aromatic heterocycles. The van der Waals surface area contributed by atoms with E-state index in [-0.39, 0.29) is 17.1 Å². The first-order valence-corrected chi connectivity index (χ1v) is 6.79. The molecule has 0 saturated heterocycles. The van der Waals surface area contributed by atoms with Gasteiger partial charge in [-0.25, -0.2) is 4.39 Å². The third-order valence-corrected chi connectivity index (χ3v) is 3.70. The number of anilines is 1. The van der Waals surface area contributed by atoms with Gasteiger partial charge in [-0.3, -0.25) is 5.10 Å². The quantitative estimate of drug-likeness (QED) is 0.754. The number of aromatic amines is 1. The predicted octanol–water partition coefficient (Wildman–Crippen LogP) is 3.34. The van der Waals surface area contributed by atoms with E-state index in [1.807, 2.05) is 24.9 Å². The van der Waals surface area contributed by atoms with Crippen LogP contribution in [-0.2, 0) is 0 Å². The number of fused-ring (bicyclic) bond motifs is 1. The van der Waals surface area contributed by atoms with Gasteiger partial charge in [0, 0.05) is 12.6 Å². The van der Waals surface area contributed by atoms with Crippen LogP contribution in [0.15, 0.2) is 30.5 Å². The molecular formula is C14H13ClFN5. The predicted molar refractivity (Wildman–Crippen MR) is 79.9 cm³/mol. The van der Waals surface area contributed by atoms with Crippen LogP contribution in [0.1, 0.15) is 18.5 Å². The number of halogens is 2. The topological polar surface area (TPSA) is 57.7 Å². The molecule has 0 aliphatic carbocycles. The van der Waals surface area contributed by atoms with Crippen molar-refractivity contribution in [2.45, 2.75) is 13.0 Å². The summed E-state index contributed by atoms with van der Waals surface area (Å²) in [4.78, 5) is 10.2. The van der Waals surface area contributed by atoms with E-state index >= 15 is 0 Å². The molecule has 1 atom stereocenters. The van der Waals surface area contributed by atoms with Crippen LogP contribution in [0, 0.1) is 5.82 Å². The van der Waals surface area contributed by atoms with Gasteiger partial charge in [0.05, 0.1) is 17.6 Å². The maximum Gasteiger partial charge on any atom is 0.226 e. The lowest BCUT2D eigenvalue weighted by molar-refractivity contribution is 0.584. The Morgan fingerprint density at radius 3 is 2.81 bits per heavy atom. The van der Waals surface area contributed by atoms with Gasteiger partial charge in [0.1, 0.15) is 11.6 Å². The summed E-state index contributed by atoms with van der Waals surface area (Å²) < 4.78 is 13.9. The van der Waals surface area contributed by atoms with Crippen molar-refractivity contribution in [2.24, 2.45) is 0 Å². The standard InChI is InChI=1S/C14H13ClFN5/c1-8(9-5-3-4-6-11(9)16)21(2)13-10-7-17-20-12(10)18-14(15)19-13/h3-8H,1-2H3,(H,17,18,19,20). The van der Waals surface area contributed by atoms with E-state index < -0.39 is 0 Å². The van der Waals surface area contributed by atoms with Gasteiger partial charge >= 0.3 is 0 Å². The Morgan fingerprint density at radius 2 is 2.05 bits per heavy atom. The van der Waals surface area contributed by atoms with Crippen LogP contribution in [-0.4, -0.2) is 27.2 Å². The maximum atomic E-state index is 13.9. The van der Waals surface area contributed by atoms with E-state index in [1.54, 1.807) is 18.3 Å². The summed E-state index contributed by atoms with van der Waals surface area (Å²) in [7, 11) is 1.84. The first kappa shape index (κ1) is 13.8. The van der Waals surface area contributed by atoms with E-state index in [4.69, 9.17) is 11.6 Å². The summed E-state index contributed by atoms with van der Waals surface area (Å²) in [6.07, 6.45) is 1.63. The number of H-pyrrole nitrogens is 1. The minimum absolute atomic E-state index is 0.120. The third kappa shape index (κ3) is 2.42. The second kappa shape index (κ2) is 5.29. The minimum Gasteiger partial charge on any atom is -0.352 e. The fourth-order valence-electron chi connectivity index (χ4n) is 2.27. The molecule has 3 aromatic rings. The van der Waals surface area contributed by atoms with Gasteiger partial charge < -0.3 is 4.90 Å². The van der Waals surface area contributed by atoms with E-state index in [1.165, 1.54) is 6.07 Å². The molecule has 2 heterocycles. The molecular weight excluding hydrogens is 293 g/mol. The molecule has 0 bridgehead atoms. The fourth-order valence-corrected chi connectivity index (χ4v) is 2.43. The lowest BCUT2D eigenvalue weighted by Gasteiger charge is -2.27. The highest BCUT2D eigenvalue weighted by Crippen LogP contribution is 2.30. The number of aromatic nitrogens is 4. The molecule has 0 spiro atoms. The number of benzene rings is 1. The Bertz CT molecular complexity index is 788. The van der Waals surface area contributed by atoms with Crippen molar-refractivity contribution in [3.8, 4) is 0 Å². The third-order valence-electron chi connectivity index (χ3n) is 3.53. The Labute approximate surface area is 125 Å². The Morgan fingerprint density at radius 1 is 1.29 bits per heavy atom. The Balaban J connectivity index is 2.06. The van der Waals surface area contributed by atoms with Gasteiger partial charge in [-0.2, -0.15) is 15.1 Å². The van der Waals surface area contributed by atoms with E-state index in [9.17, 15) is 4.39 Å².